The Bertz CT molecular complexity index is 630. The molecule has 0 aliphatic heterocycles. The number of aryl methyl sites for hydroxylation is 3. The highest BCUT2D eigenvalue weighted by Gasteiger charge is 2.10. The maximum atomic E-state index is 12.1. The predicted molar refractivity (Wildman–Crippen MR) is 82.3 cm³/mol. The lowest BCUT2D eigenvalue weighted by Gasteiger charge is -2.07. The normalized spacial score (nSPS) is 10.6. The van der Waals surface area contributed by atoms with E-state index >= 15 is 0 Å². The van der Waals surface area contributed by atoms with E-state index in [4.69, 9.17) is 0 Å². The van der Waals surface area contributed by atoms with Gasteiger partial charge in [-0.2, -0.15) is 0 Å². The Kier molecular flexibility index (Phi) is 4.50. The predicted octanol–water partition coefficient (Wildman–Crippen LogP) is 4.73. The molecule has 0 amide bonds. The first-order chi connectivity index (χ1) is 9.47. The lowest BCUT2D eigenvalue weighted by atomic mass is 10.1. The molecule has 0 aliphatic rings. The lowest BCUT2D eigenvalue weighted by Crippen LogP contribution is -2.02. The summed E-state index contributed by atoms with van der Waals surface area (Å²) >= 11 is 1.49. The first-order valence-corrected chi connectivity index (χ1v) is 7.47. The van der Waals surface area contributed by atoms with Crippen LogP contribution in [-0.4, -0.2) is 11.5 Å². The van der Waals surface area contributed by atoms with E-state index in [0.717, 1.165) is 27.1 Å². The molecule has 2 aromatic carbocycles. The smallest absolute Gasteiger partial charge is 0.181 e. The minimum atomic E-state index is 0.0525. The monoisotopic (exact) mass is 285 g/mol. The summed E-state index contributed by atoms with van der Waals surface area (Å²) in [7, 11) is 0. The summed E-state index contributed by atoms with van der Waals surface area (Å²) in [4.78, 5) is 13.1. The highest BCUT2D eigenvalue weighted by atomic mass is 32.2. The Labute approximate surface area is 123 Å². The first-order valence-electron chi connectivity index (χ1n) is 6.48. The molecule has 3 heteroatoms. The van der Waals surface area contributed by atoms with Crippen molar-refractivity contribution in [3.63, 3.8) is 0 Å². The van der Waals surface area contributed by atoms with Gasteiger partial charge in [0.05, 0.1) is 5.75 Å². The molecule has 0 spiro atoms. The van der Waals surface area contributed by atoms with Gasteiger partial charge in [0.1, 0.15) is 0 Å². The highest BCUT2D eigenvalue weighted by Crippen LogP contribution is 2.29. The van der Waals surface area contributed by atoms with E-state index in [0.29, 0.717) is 5.75 Å². The number of rotatable bonds is 4. The Morgan fingerprint density at radius 3 is 2.30 bits per heavy atom. The molecule has 0 fully saturated rings. The van der Waals surface area contributed by atoms with E-state index < -0.39 is 0 Å². The van der Waals surface area contributed by atoms with Crippen molar-refractivity contribution in [3.05, 3.63) is 58.7 Å². The maximum Gasteiger partial charge on any atom is 0.181 e. The van der Waals surface area contributed by atoms with Gasteiger partial charge in [-0.05, 0) is 44.0 Å². The Hall–Kier alpha value is -1.74. The average Bonchev–Trinajstić information content (AvgIpc) is 2.42. The average molecular weight is 285 g/mol. The Morgan fingerprint density at radius 1 is 1.00 bits per heavy atom. The van der Waals surface area contributed by atoms with Crippen molar-refractivity contribution in [1.82, 2.24) is 0 Å². The van der Waals surface area contributed by atoms with E-state index in [2.05, 4.69) is 0 Å². The zero-order valence-corrected chi connectivity index (χ0v) is 12.7. The summed E-state index contributed by atoms with van der Waals surface area (Å²) in [6.45, 7) is 5.70. The number of benzene rings is 2. The minimum absolute atomic E-state index is 0.0525. The van der Waals surface area contributed by atoms with E-state index in [1.54, 1.807) is 13.0 Å². The second-order valence-corrected chi connectivity index (χ2v) is 5.98. The topological polar surface area (TPSA) is 37.0 Å². The van der Waals surface area contributed by atoms with Crippen molar-refractivity contribution in [3.8, 4) is 5.75 Å². The molecule has 0 saturated carbocycles. The van der Waals surface area contributed by atoms with Crippen molar-refractivity contribution in [2.75, 3.05) is 5.75 Å². The molecule has 0 atom stereocenters. The molecule has 0 saturated heterocycles. The van der Waals surface area contributed by atoms with Crippen LogP contribution in [0.15, 0.2) is 41.3 Å². The summed E-state index contributed by atoms with van der Waals surface area (Å²) in [6.07, 6.45) is 0. The van der Waals surface area contributed by atoms with Crippen molar-refractivity contribution in [1.29, 1.82) is 0 Å². The van der Waals surface area contributed by atoms with Crippen LogP contribution in [0, 0.1) is 20.8 Å². The molecule has 2 aromatic rings. The number of ketones is 1. The fourth-order valence-electron chi connectivity index (χ4n) is 1.88. The molecule has 0 unspecified atom stereocenters. The summed E-state index contributed by atoms with van der Waals surface area (Å²) in [5.74, 6) is 0.552. The summed E-state index contributed by atoms with van der Waals surface area (Å²) in [5.41, 5.74) is 3.54. The Morgan fingerprint density at radius 2 is 1.65 bits per heavy atom. The molecule has 0 bridgehead atoms. The number of hydrogen-bond donors (Lipinski definition) is 0. The van der Waals surface area contributed by atoms with Crippen LogP contribution in [0.2, 0.25) is 0 Å². The van der Waals surface area contributed by atoms with Crippen LogP contribution in [0.4, 0.5) is 0 Å². The highest BCUT2D eigenvalue weighted by molar-refractivity contribution is 8.00. The standard InChI is InChI=1S/C17H17O2S/c1-11-4-6-14(7-5-11)16(19)10-20-17-9-12(2)15(18)8-13(17)3/h4-9H,10H2,1-3H3. The number of thioether (sulfide) groups is 1. The summed E-state index contributed by atoms with van der Waals surface area (Å²) in [6, 6.07) is 11.1. The van der Waals surface area contributed by atoms with Crippen molar-refractivity contribution in [2.45, 2.75) is 25.7 Å². The van der Waals surface area contributed by atoms with Crippen LogP contribution in [0.1, 0.15) is 27.0 Å². The van der Waals surface area contributed by atoms with Crippen LogP contribution in [0.25, 0.3) is 0 Å². The van der Waals surface area contributed by atoms with Crippen LogP contribution in [0.3, 0.4) is 0 Å². The van der Waals surface area contributed by atoms with Crippen molar-refractivity contribution < 1.29 is 9.90 Å². The van der Waals surface area contributed by atoms with Gasteiger partial charge in [0, 0.05) is 10.5 Å². The maximum absolute atomic E-state index is 12.1. The third kappa shape index (κ3) is 3.42. The van der Waals surface area contributed by atoms with E-state index in [1.165, 1.54) is 11.8 Å². The Balaban J connectivity index is 2.07. The van der Waals surface area contributed by atoms with Crippen LogP contribution < -0.4 is 0 Å². The molecular formula is C17H17O2S. The molecule has 103 valence electrons. The van der Waals surface area contributed by atoms with Gasteiger partial charge in [-0.25, -0.2) is 0 Å². The fourth-order valence-corrected chi connectivity index (χ4v) is 2.88. The number of Topliss-reactive ketones (excluding diaryl/α,β-unsaturated/α-hetero) is 1. The molecule has 0 heterocycles. The third-order valence-corrected chi connectivity index (χ3v) is 4.36. The molecule has 1 radical (unpaired) electrons. The van der Waals surface area contributed by atoms with E-state index in [-0.39, 0.29) is 11.5 Å². The lowest BCUT2D eigenvalue weighted by molar-refractivity contribution is 0.102. The van der Waals surface area contributed by atoms with Gasteiger partial charge >= 0.3 is 0 Å². The zero-order chi connectivity index (χ0) is 14.7. The van der Waals surface area contributed by atoms with Gasteiger partial charge in [-0.1, -0.05) is 29.8 Å². The largest absolute Gasteiger partial charge is 0.293 e. The summed E-state index contributed by atoms with van der Waals surface area (Å²) < 4.78 is 0. The molecular weight excluding hydrogens is 268 g/mol. The van der Waals surface area contributed by atoms with E-state index in [1.807, 2.05) is 44.2 Å². The van der Waals surface area contributed by atoms with Gasteiger partial charge in [-0.15, -0.1) is 11.8 Å². The molecule has 2 rings (SSSR count). The molecule has 0 aromatic heterocycles. The van der Waals surface area contributed by atoms with Gasteiger partial charge in [-0.3, -0.25) is 9.90 Å². The minimum Gasteiger partial charge on any atom is -0.293 e. The fraction of sp³-hybridized carbons (Fsp3) is 0.235. The first kappa shape index (κ1) is 14.7. The van der Waals surface area contributed by atoms with Gasteiger partial charge < -0.3 is 0 Å². The molecule has 0 N–H and O–H groups in total. The SMILES string of the molecule is Cc1ccc(C(=O)CSc2cc(C)c([O])cc2C)cc1. The number of hydrogen-bond acceptors (Lipinski definition) is 2. The number of carbonyl (C=O) groups is 1. The zero-order valence-electron chi connectivity index (χ0n) is 11.9. The molecule has 0 aliphatic carbocycles. The van der Waals surface area contributed by atoms with Crippen molar-refractivity contribution in [2.24, 2.45) is 0 Å². The second kappa shape index (κ2) is 6.14. The van der Waals surface area contributed by atoms with Crippen LogP contribution in [-0.2, 0) is 5.11 Å². The molecule has 20 heavy (non-hydrogen) atoms. The third-order valence-electron chi connectivity index (χ3n) is 3.20. The number of carbonyl (C=O) groups excluding carboxylic acids is 1. The summed E-state index contributed by atoms with van der Waals surface area (Å²) in [5, 5.41) is 11.5. The van der Waals surface area contributed by atoms with Gasteiger partial charge in [0.2, 0.25) is 0 Å². The van der Waals surface area contributed by atoms with Crippen molar-refractivity contribution >= 4 is 17.5 Å². The van der Waals surface area contributed by atoms with Gasteiger partial charge in [0.15, 0.2) is 11.5 Å². The van der Waals surface area contributed by atoms with Crippen LogP contribution in [0.5, 0.6) is 5.75 Å². The van der Waals surface area contributed by atoms with Crippen LogP contribution >= 0.6 is 11.8 Å². The molecule has 2 nitrogen and oxygen atoms in total. The second-order valence-electron chi connectivity index (χ2n) is 4.96. The van der Waals surface area contributed by atoms with Gasteiger partial charge in [0.25, 0.3) is 0 Å². The van der Waals surface area contributed by atoms with E-state index in [9.17, 15) is 9.90 Å². The quantitative estimate of drug-likeness (QED) is 0.601.